The molecule has 2 aliphatic heterocycles. The molecular weight excluding hydrogens is 266 g/mol. The second kappa shape index (κ2) is 4.63. The standard InChI is InChI=1S/C13H13NO2S2/c1-7-4-9-5-8(2-3-10(9)17-7)6-11-12(15)14-13(16)18-11/h2-3,5,7,11H,4,6H2,1H3,(H,14,15,16). The van der Waals surface area contributed by atoms with Crippen LogP contribution in [0.2, 0.25) is 0 Å². The van der Waals surface area contributed by atoms with Gasteiger partial charge in [-0.2, -0.15) is 0 Å². The van der Waals surface area contributed by atoms with Crippen LogP contribution in [0.1, 0.15) is 18.1 Å². The van der Waals surface area contributed by atoms with Crippen molar-refractivity contribution < 1.29 is 9.59 Å². The average Bonchev–Trinajstić information content (AvgIpc) is 2.80. The van der Waals surface area contributed by atoms with Crippen molar-refractivity contribution in [2.75, 3.05) is 0 Å². The first-order valence-corrected chi connectivity index (χ1v) is 7.67. The van der Waals surface area contributed by atoms with Crippen LogP contribution in [0.25, 0.3) is 0 Å². The highest BCUT2D eigenvalue weighted by Gasteiger charge is 2.31. The van der Waals surface area contributed by atoms with Crippen LogP contribution in [-0.2, 0) is 17.6 Å². The minimum atomic E-state index is -0.262. The lowest BCUT2D eigenvalue weighted by Gasteiger charge is -2.07. The molecule has 1 N–H and O–H groups in total. The molecule has 2 atom stereocenters. The van der Waals surface area contributed by atoms with E-state index in [1.165, 1.54) is 10.5 Å². The number of nitrogens with one attached hydrogen (secondary N) is 1. The molecule has 0 bridgehead atoms. The van der Waals surface area contributed by atoms with E-state index in [-0.39, 0.29) is 16.4 Å². The number of imide groups is 1. The molecular formula is C13H13NO2S2. The van der Waals surface area contributed by atoms with Gasteiger partial charge in [0.1, 0.15) is 0 Å². The zero-order valence-electron chi connectivity index (χ0n) is 9.93. The third kappa shape index (κ3) is 2.29. The van der Waals surface area contributed by atoms with Crippen LogP contribution in [0.3, 0.4) is 0 Å². The van der Waals surface area contributed by atoms with E-state index < -0.39 is 0 Å². The summed E-state index contributed by atoms with van der Waals surface area (Å²) in [4.78, 5) is 24.0. The van der Waals surface area contributed by atoms with Gasteiger partial charge in [-0.3, -0.25) is 14.9 Å². The number of hydrogen-bond acceptors (Lipinski definition) is 4. The molecule has 2 aliphatic rings. The monoisotopic (exact) mass is 279 g/mol. The summed E-state index contributed by atoms with van der Waals surface area (Å²) in [5, 5.41) is 2.48. The summed E-state index contributed by atoms with van der Waals surface area (Å²) < 4.78 is 0. The number of amides is 2. The molecule has 5 heteroatoms. The molecule has 1 saturated heterocycles. The van der Waals surface area contributed by atoms with Gasteiger partial charge >= 0.3 is 0 Å². The smallest absolute Gasteiger partial charge is 0.286 e. The summed E-state index contributed by atoms with van der Waals surface area (Å²) in [6.07, 6.45) is 1.73. The van der Waals surface area contributed by atoms with Crippen molar-refractivity contribution in [3.05, 3.63) is 29.3 Å². The van der Waals surface area contributed by atoms with Crippen LogP contribution >= 0.6 is 23.5 Å². The Labute approximate surface area is 114 Å². The van der Waals surface area contributed by atoms with E-state index >= 15 is 0 Å². The summed E-state index contributed by atoms with van der Waals surface area (Å²) in [7, 11) is 0. The second-order valence-electron chi connectivity index (χ2n) is 4.66. The highest BCUT2D eigenvalue weighted by Crippen LogP contribution is 2.37. The molecule has 0 radical (unpaired) electrons. The van der Waals surface area contributed by atoms with Crippen LogP contribution in [0, 0.1) is 0 Å². The van der Waals surface area contributed by atoms with E-state index in [0.29, 0.717) is 11.7 Å². The molecule has 2 amide bonds. The van der Waals surface area contributed by atoms with Crippen molar-refractivity contribution in [1.82, 2.24) is 5.32 Å². The van der Waals surface area contributed by atoms with Crippen molar-refractivity contribution in [2.45, 2.75) is 35.2 Å². The Hall–Kier alpha value is -0.940. The zero-order valence-corrected chi connectivity index (χ0v) is 11.6. The van der Waals surface area contributed by atoms with E-state index in [4.69, 9.17) is 0 Å². The summed E-state index contributed by atoms with van der Waals surface area (Å²) in [6.45, 7) is 2.23. The second-order valence-corrected chi connectivity index (χ2v) is 7.32. The lowest BCUT2D eigenvalue weighted by atomic mass is 10.0. The summed E-state index contributed by atoms with van der Waals surface area (Å²) in [5.74, 6) is -0.159. The topological polar surface area (TPSA) is 46.2 Å². The highest BCUT2D eigenvalue weighted by atomic mass is 32.2. The van der Waals surface area contributed by atoms with Gasteiger partial charge in [-0.05, 0) is 30.0 Å². The fraction of sp³-hybridized carbons (Fsp3) is 0.385. The molecule has 3 nitrogen and oxygen atoms in total. The number of benzene rings is 1. The molecule has 2 heterocycles. The number of hydrogen-bond donors (Lipinski definition) is 1. The predicted octanol–water partition coefficient (Wildman–Crippen LogP) is 2.62. The summed E-state index contributed by atoms with van der Waals surface area (Å²) in [6, 6.07) is 6.39. The maximum Gasteiger partial charge on any atom is 0.286 e. The largest absolute Gasteiger partial charge is 0.286 e. The first-order valence-electron chi connectivity index (χ1n) is 5.92. The Morgan fingerprint density at radius 1 is 1.33 bits per heavy atom. The maximum atomic E-state index is 11.5. The van der Waals surface area contributed by atoms with Crippen molar-refractivity contribution in [1.29, 1.82) is 0 Å². The lowest BCUT2D eigenvalue weighted by molar-refractivity contribution is -0.118. The van der Waals surface area contributed by atoms with Gasteiger partial charge in [0.05, 0.1) is 5.25 Å². The SMILES string of the molecule is CC1Cc2cc(CC3SC(=O)NC3=O)ccc2S1. The third-order valence-corrected chi connectivity index (χ3v) is 5.35. The van der Waals surface area contributed by atoms with E-state index in [9.17, 15) is 9.59 Å². The zero-order chi connectivity index (χ0) is 12.7. The molecule has 1 aromatic rings. The first kappa shape index (κ1) is 12.1. The Morgan fingerprint density at radius 2 is 2.17 bits per heavy atom. The van der Waals surface area contributed by atoms with Crippen molar-refractivity contribution in [3.63, 3.8) is 0 Å². The van der Waals surface area contributed by atoms with Crippen LogP contribution in [0.4, 0.5) is 4.79 Å². The third-order valence-electron chi connectivity index (χ3n) is 3.15. The molecule has 1 fully saturated rings. The normalized spacial score (nSPS) is 26.3. The van der Waals surface area contributed by atoms with Gasteiger partial charge in [-0.1, -0.05) is 30.8 Å². The molecule has 0 spiro atoms. The minimum absolute atomic E-state index is 0.159. The number of fused-ring (bicyclic) bond motifs is 1. The van der Waals surface area contributed by atoms with Gasteiger partial charge in [0.2, 0.25) is 5.91 Å². The molecule has 0 saturated carbocycles. The molecule has 3 rings (SSSR count). The number of rotatable bonds is 2. The molecule has 1 aromatic carbocycles. The lowest BCUT2D eigenvalue weighted by Crippen LogP contribution is -2.25. The van der Waals surface area contributed by atoms with E-state index in [0.717, 1.165) is 23.7 Å². The fourth-order valence-corrected chi connectivity index (χ4v) is 4.34. The van der Waals surface area contributed by atoms with Crippen LogP contribution < -0.4 is 5.32 Å². The maximum absolute atomic E-state index is 11.5. The van der Waals surface area contributed by atoms with Gasteiger partial charge in [-0.15, -0.1) is 11.8 Å². The van der Waals surface area contributed by atoms with E-state index in [2.05, 4.69) is 30.4 Å². The molecule has 0 aromatic heterocycles. The fourth-order valence-electron chi connectivity index (χ4n) is 2.34. The summed E-state index contributed by atoms with van der Waals surface area (Å²) in [5.41, 5.74) is 2.52. The first-order chi connectivity index (χ1) is 8.61. The average molecular weight is 279 g/mol. The Balaban J connectivity index is 1.76. The predicted molar refractivity (Wildman–Crippen MR) is 74.1 cm³/mol. The number of carbonyl (C=O) groups excluding carboxylic acids is 2. The van der Waals surface area contributed by atoms with Crippen LogP contribution in [0.5, 0.6) is 0 Å². The van der Waals surface area contributed by atoms with Gasteiger partial charge in [0.15, 0.2) is 0 Å². The van der Waals surface area contributed by atoms with Crippen molar-refractivity contribution >= 4 is 34.7 Å². The van der Waals surface area contributed by atoms with Gasteiger partial charge in [0.25, 0.3) is 5.24 Å². The van der Waals surface area contributed by atoms with Gasteiger partial charge in [-0.25, -0.2) is 0 Å². The minimum Gasteiger partial charge on any atom is -0.286 e. The molecule has 2 unspecified atom stereocenters. The number of thioether (sulfide) groups is 2. The van der Waals surface area contributed by atoms with Gasteiger partial charge < -0.3 is 0 Å². The number of carbonyl (C=O) groups is 2. The van der Waals surface area contributed by atoms with Crippen molar-refractivity contribution in [3.8, 4) is 0 Å². The molecule has 18 heavy (non-hydrogen) atoms. The Kier molecular flexibility index (Phi) is 3.11. The highest BCUT2D eigenvalue weighted by molar-refractivity contribution is 8.15. The van der Waals surface area contributed by atoms with Crippen molar-refractivity contribution in [2.24, 2.45) is 0 Å². The summed E-state index contributed by atoms with van der Waals surface area (Å²) >= 11 is 3.00. The quantitative estimate of drug-likeness (QED) is 0.904. The van der Waals surface area contributed by atoms with Crippen LogP contribution in [-0.4, -0.2) is 21.6 Å². The molecule has 0 aliphatic carbocycles. The van der Waals surface area contributed by atoms with Crippen LogP contribution in [0.15, 0.2) is 23.1 Å². The van der Waals surface area contributed by atoms with E-state index in [1.54, 1.807) is 0 Å². The Morgan fingerprint density at radius 3 is 2.89 bits per heavy atom. The molecule has 94 valence electrons. The van der Waals surface area contributed by atoms with Gasteiger partial charge in [0, 0.05) is 10.1 Å². The van der Waals surface area contributed by atoms with E-state index in [1.807, 2.05) is 11.8 Å². The Bertz CT molecular complexity index is 530.